The van der Waals surface area contributed by atoms with Crippen LogP contribution in [0.15, 0.2) is 29.2 Å². The van der Waals surface area contributed by atoms with Gasteiger partial charge in [0.25, 0.3) is 15.9 Å². The largest absolute Gasteiger partial charge is 0.339 e. The van der Waals surface area contributed by atoms with Crippen LogP contribution in [-0.4, -0.2) is 30.2 Å². The van der Waals surface area contributed by atoms with Gasteiger partial charge in [0, 0.05) is 0 Å². The summed E-state index contributed by atoms with van der Waals surface area (Å²) in [5.74, 6) is -0.648. The fourth-order valence-corrected chi connectivity index (χ4v) is 4.29. The Morgan fingerprint density at radius 2 is 1.67 bits per heavy atom. The zero-order valence-corrected chi connectivity index (χ0v) is 12.4. The van der Waals surface area contributed by atoms with Gasteiger partial charge in [-0.1, -0.05) is 30.5 Å². The molecule has 2 aliphatic rings. The first-order chi connectivity index (χ1) is 9.87. The highest BCUT2D eigenvalue weighted by Gasteiger charge is 2.56. The van der Waals surface area contributed by atoms with E-state index in [0.717, 1.165) is 18.4 Å². The second-order valence-electron chi connectivity index (χ2n) is 5.61. The van der Waals surface area contributed by atoms with Gasteiger partial charge in [0.05, 0.1) is 4.90 Å². The fraction of sp³-hybridized carbons (Fsp3) is 0.429. The van der Waals surface area contributed by atoms with Crippen molar-refractivity contribution in [3.63, 3.8) is 0 Å². The number of nitrogens with one attached hydrogen (secondary N) is 1. The topological polar surface area (TPSA) is 83.6 Å². The molecule has 1 spiro atoms. The maximum atomic E-state index is 12.6. The van der Waals surface area contributed by atoms with Gasteiger partial charge in [-0.05, 0) is 31.9 Å². The van der Waals surface area contributed by atoms with Gasteiger partial charge < -0.3 is 5.32 Å². The number of rotatable bonds is 2. The summed E-state index contributed by atoms with van der Waals surface area (Å²) in [5.41, 5.74) is -0.118. The minimum Gasteiger partial charge on any atom is -0.322 e. The Morgan fingerprint density at radius 3 is 2.24 bits per heavy atom. The van der Waals surface area contributed by atoms with Crippen LogP contribution in [0.5, 0.6) is 0 Å². The van der Waals surface area contributed by atoms with Gasteiger partial charge in [0.2, 0.25) is 0 Å². The standard InChI is InChI=1S/C14H16N2O4S/c1-10-4-6-11(7-5-10)21(19,20)16-12(17)14(15-13(16)18)8-2-3-9-14/h4-7H,2-3,8-9H2,1H3,(H,15,18). The number of urea groups is 1. The molecular weight excluding hydrogens is 292 g/mol. The second-order valence-corrected chi connectivity index (χ2v) is 7.39. The van der Waals surface area contributed by atoms with E-state index >= 15 is 0 Å². The second kappa shape index (κ2) is 4.56. The van der Waals surface area contributed by atoms with E-state index in [4.69, 9.17) is 0 Å². The molecule has 1 saturated carbocycles. The Labute approximate surface area is 123 Å². The molecule has 1 heterocycles. The first-order valence-corrected chi connectivity index (χ1v) is 8.29. The van der Waals surface area contributed by atoms with Crippen molar-refractivity contribution >= 4 is 22.0 Å². The Kier molecular flexibility index (Phi) is 3.05. The molecule has 1 saturated heterocycles. The molecule has 0 bridgehead atoms. The van der Waals surface area contributed by atoms with Crippen molar-refractivity contribution in [2.75, 3.05) is 0 Å². The number of sulfonamides is 1. The number of aryl methyl sites for hydroxylation is 1. The molecule has 2 fully saturated rings. The molecule has 1 N–H and O–H groups in total. The molecule has 1 aromatic carbocycles. The van der Waals surface area contributed by atoms with Crippen molar-refractivity contribution < 1.29 is 18.0 Å². The number of benzene rings is 1. The molecule has 6 nitrogen and oxygen atoms in total. The zero-order valence-electron chi connectivity index (χ0n) is 11.6. The number of carbonyl (C=O) groups is 2. The predicted molar refractivity (Wildman–Crippen MR) is 74.9 cm³/mol. The van der Waals surface area contributed by atoms with Gasteiger partial charge in [-0.25, -0.2) is 13.2 Å². The lowest BCUT2D eigenvalue weighted by atomic mass is 9.99. The monoisotopic (exact) mass is 308 g/mol. The molecule has 0 radical (unpaired) electrons. The highest BCUT2D eigenvalue weighted by atomic mass is 32.2. The van der Waals surface area contributed by atoms with Gasteiger partial charge in [0.15, 0.2) is 0 Å². The highest BCUT2D eigenvalue weighted by Crippen LogP contribution is 2.37. The summed E-state index contributed by atoms with van der Waals surface area (Å²) >= 11 is 0. The van der Waals surface area contributed by atoms with Crippen molar-refractivity contribution in [1.29, 1.82) is 0 Å². The number of hydrogen-bond donors (Lipinski definition) is 1. The lowest BCUT2D eigenvalue weighted by Gasteiger charge is -2.19. The first-order valence-electron chi connectivity index (χ1n) is 6.85. The highest BCUT2D eigenvalue weighted by molar-refractivity contribution is 7.90. The van der Waals surface area contributed by atoms with Crippen molar-refractivity contribution in [3.05, 3.63) is 29.8 Å². The van der Waals surface area contributed by atoms with E-state index < -0.39 is 27.5 Å². The number of nitrogens with zero attached hydrogens (tertiary/aromatic N) is 1. The summed E-state index contributed by atoms with van der Waals surface area (Å²) in [4.78, 5) is 24.5. The quantitative estimate of drug-likeness (QED) is 0.840. The molecule has 0 aromatic heterocycles. The van der Waals surface area contributed by atoms with E-state index in [1.54, 1.807) is 12.1 Å². The van der Waals surface area contributed by atoms with E-state index in [1.165, 1.54) is 12.1 Å². The summed E-state index contributed by atoms with van der Waals surface area (Å²) in [5, 5.41) is 2.57. The minimum atomic E-state index is -4.15. The lowest BCUT2D eigenvalue weighted by molar-refractivity contribution is -0.127. The van der Waals surface area contributed by atoms with Crippen molar-refractivity contribution in [2.24, 2.45) is 0 Å². The van der Waals surface area contributed by atoms with E-state index in [9.17, 15) is 18.0 Å². The number of amides is 3. The zero-order chi connectivity index (χ0) is 15.3. The third-order valence-corrected chi connectivity index (χ3v) is 5.82. The smallest absolute Gasteiger partial charge is 0.322 e. The van der Waals surface area contributed by atoms with E-state index in [-0.39, 0.29) is 4.90 Å². The molecule has 112 valence electrons. The van der Waals surface area contributed by atoms with Gasteiger partial charge in [-0.2, -0.15) is 0 Å². The normalized spacial score (nSPS) is 21.1. The van der Waals surface area contributed by atoms with Gasteiger partial charge in [0.1, 0.15) is 5.54 Å². The first kappa shape index (κ1) is 14.1. The van der Waals surface area contributed by atoms with Crippen LogP contribution in [0.4, 0.5) is 4.79 Å². The maximum absolute atomic E-state index is 12.6. The van der Waals surface area contributed by atoms with Crippen LogP contribution in [0.25, 0.3) is 0 Å². The van der Waals surface area contributed by atoms with Crippen LogP contribution in [-0.2, 0) is 14.8 Å². The molecule has 1 aliphatic carbocycles. The van der Waals surface area contributed by atoms with Crippen molar-refractivity contribution in [2.45, 2.75) is 43.0 Å². The van der Waals surface area contributed by atoms with E-state index in [2.05, 4.69) is 5.32 Å². The molecule has 3 rings (SSSR count). The van der Waals surface area contributed by atoms with Gasteiger partial charge >= 0.3 is 6.03 Å². The Balaban J connectivity index is 2.01. The molecule has 3 amide bonds. The third-order valence-electron chi connectivity index (χ3n) is 4.14. The molecule has 1 aromatic rings. The molecule has 1 aliphatic heterocycles. The Hall–Kier alpha value is -1.89. The summed E-state index contributed by atoms with van der Waals surface area (Å²) in [6.07, 6.45) is 2.61. The van der Waals surface area contributed by atoms with E-state index in [1.807, 2.05) is 6.92 Å². The lowest BCUT2D eigenvalue weighted by Crippen LogP contribution is -2.44. The number of hydrogen-bond acceptors (Lipinski definition) is 4. The predicted octanol–water partition coefficient (Wildman–Crippen LogP) is 1.55. The summed E-state index contributed by atoms with van der Waals surface area (Å²) in [6, 6.07) is 5.24. The van der Waals surface area contributed by atoms with Crippen LogP contribution >= 0.6 is 0 Å². The van der Waals surface area contributed by atoms with Crippen molar-refractivity contribution in [3.8, 4) is 0 Å². The van der Waals surface area contributed by atoms with Gasteiger partial charge in [-0.15, -0.1) is 4.31 Å². The van der Waals surface area contributed by atoms with E-state index in [0.29, 0.717) is 17.1 Å². The molecular formula is C14H16N2O4S. The number of carbonyl (C=O) groups excluding carboxylic acids is 2. The Morgan fingerprint density at radius 1 is 1.10 bits per heavy atom. The van der Waals surface area contributed by atoms with Gasteiger partial charge in [-0.3, -0.25) is 4.79 Å². The fourth-order valence-electron chi connectivity index (χ4n) is 2.95. The third kappa shape index (κ3) is 2.03. The van der Waals surface area contributed by atoms with Crippen LogP contribution in [0.1, 0.15) is 31.2 Å². The minimum absolute atomic E-state index is 0.0494. The molecule has 0 unspecified atom stereocenters. The molecule has 0 atom stereocenters. The summed E-state index contributed by atoms with van der Waals surface area (Å²) < 4.78 is 25.5. The maximum Gasteiger partial charge on any atom is 0.339 e. The summed E-state index contributed by atoms with van der Waals surface area (Å²) in [7, 11) is -4.15. The SMILES string of the molecule is Cc1ccc(S(=O)(=O)N2C(=O)NC3(CCCC3)C2=O)cc1. The van der Waals surface area contributed by atoms with Crippen LogP contribution in [0.2, 0.25) is 0 Å². The average Bonchev–Trinajstić information content (AvgIpc) is 2.97. The summed E-state index contributed by atoms with van der Waals surface area (Å²) in [6.45, 7) is 1.83. The van der Waals surface area contributed by atoms with Crippen molar-refractivity contribution in [1.82, 2.24) is 9.62 Å². The van der Waals surface area contributed by atoms with Crippen LogP contribution in [0.3, 0.4) is 0 Å². The molecule has 21 heavy (non-hydrogen) atoms. The van der Waals surface area contributed by atoms with Crippen LogP contribution in [0, 0.1) is 6.92 Å². The molecule has 7 heteroatoms. The Bertz CT molecular complexity index is 703. The average molecular weight is 308 g/mol. The number of imide groups is 1. The van der Waals surface area contributed by atoms with Crippen LogP contribution < -0.4 is 5.32 Å².